The highest BCUT2D eigenvalue weighted by Gasteiger charge is 2.30. The zero-order valence-corrected chi connectivity index (χ0v) is 15.7. The molecule has 0 unspecified atom stereocenters. The number of nitrogens with zero attached hydrogens (tertiary/aromatic N) is 1. The second kappa shape index (κ2) is 7.63. The standard InChI is InChI=1S/C21H15F4N5O/c22-16-9-8-15(17-18(16)29-30-19(17)26)11-4-6-13(7-5-11)27-20(31)28-14-3-1-2-12(10-14)21(23,24)25/h1-10H,(H3,26,29,30)(H2,27,28,31). The molecule has 0 saturated carbocycles. The van der Waals surface area contributed by atoms with Crippen molar-refractivity contribution in [3.8, 4) is 11.1 Å². The van der Waals surface area contributed by atoms with Crippen LogP contribution in [0.4, 0.5) is 39.5 Å². The normalized spacial score (nSPS) is 11.5. The number of halogens is 4. The topological polar surface area (TPSA) is 95.8 Å². The Morgan fingerprint density at radius 3 is 2.39 bits per heavy atom. The summed E-state index contributed by atoms with van der Waals surface area (Å²) in [7, 11) is 0. The van der Waals surface area contributed by atoms with E-state index >= 15 is 0 Å². The minimum Gasteiger partial charge on any atom is -0.382 e. The van der Waals surface area contributed by atoms with Gasteiger partial charge in [-0.05, 0) is 47.5 Å². The fourth-order valence-electron chi connectivity index (χ4n) is 3.17. The van der Waals surface area contributed by atoms with E-state index in [1.54, 1.807) is 30.3 Å². The first-order valence-corrected chi connectivity index (χ1v) is 9.00. The van der Waals surface area contributed by atoms with Gasteiger partial charge < -0.3 is 16.4 Å². The first-order chi connectivity index (χ1) is 14.7. The fourth-order valence-corrected chi connectivity index (χ4v) is 3.17. The molecule has 0 fully saturated rings. The van der Waals surface area contributed by atoms with Crippen LogP contribution in [0.1, 0.15) is 5.56 Å². The summed E-state index contributed by atoms with van der Waals surface area (Å²) in [5, 5.41) is 11.7. The van der Waals surface area contributed by atoms with Crippen LogP contribution in [0.3, 0.4) is 0 Å². The summed E-state index contributed by atoms with van der Waals surface area (Å²) in [5.41, 5.74) is 6.96. The molecule has 1 aromatic heterocycles. The zero-order valence-electron chi connectivity index (χ0n) is 15.7. The SMILES string of the molecule is Nc1n[nH]c2c(F)ccc(-c3ccc(NC(=O)Nc4cccc(C(F)(F)F)c4)cc3)c12. The summed E-state index contributed by atoms with van der Waals surface area (Å²) < 4.78 is 52.3. The number of nitrogen functional groups attached to an aromatic ring is 1. The van der Waals surface area contributed by atoms with E-state index in [1.807, 2.05) is 0 Å². The number of hydrogen-bond donors (Lipinski definition) is 4. The van der Waals surface area contributed by atoms with Crippen LogP contribution in [-0.2, 0) is 6.18 Å². The van der Waals surface area contributed by atoms with Gasteiger partial charge in [-0.15, -0.1) is 0 Å². The largest absolute Gasteiger partial charge is 0.416 e. The third-order valence-electron chi connectivity index (χ3n) is 4.60. The van der Waals surface area contributed by atoms with Crippen LogP contribution in [0.5, 0.6) is 0 Å². The molecule has 0 radical (unpaired) electrons. The average molecular weight is 429 g/mol. The molecule has 0 aliphatic heterocycles. The van der Waals surface area contributed by atoms with Crippen LogP contribution in [0, 0.1) is 5.82 Å². The Bertz CT molecular complexity index is 1270. The number of nitrogens with two attached hydrogens (primary N) is 1. The van der Waals surface area contributed by atoms with E-state index < -0.39 is 23.6 Å². The minimum atomic E-state index is -4.51. The average Bonchev–Trinajstić information content (AvgIpc) is 3.11. The molecular formula is C21H15F4N5O. The maximum Gasteiger partial charge on any atom is 0.416 e. The lowest BCUT2D eigenvalue weighted by molar-refractivity contribution is -0.137. The van der Waals surface area contributed by atoms with E-state index in [2.05, 4.69) is 20.8 Å². The molecule has 0 spiro atoms. The quantitative estimate of drug-likeness (QED) is 0.319. The molecule has 31 heavy (non-hydrogen) atoms. The van der Waals surface area contributed by atoms with E-state index in [9.17, 15) is 22.4 Å². The zero-order chi connectivity index (χ0) is 22.2. The summed E-state index contributed by atoms with van der Waals surface area (Å²) >= 11 is 0. The van der Waals surface area contributed by atoms with Crippen molar-refractivity contribution in [2.24, 2.45) is 0 Å². The molecule has 0 aliphatic carbocycles. The Labute approximate surface area is 173 Å². The van der Waals surface area contributed by atoms with Crippen LogP contribution in [0.15, 0.2) is 60.7 Å². The lowest BCUT2D eigenvalue weighted by atomic mass is 10.0. The number of hydrogen-bond acceptors (Lipinski definition) is 3. The number of aromatic nitrogens is 2. The van der Waals surface area contributed by atoms with Crippen molar-refractivity contribution < 1.29 is 22.4 Å². The highest BCUT2D eigenvalue weighted by molar-refractivity contribution is 6.02. The second-order valence-corrected chi connectivity index (χ2v) is 6.69. The number of benzene rings is 3. The third kappa shape index (κ3) is 4.13. The fraction of sp³-hybridized carbons (Fsp3) is 0.0476. The van der Waals surface area contributed by atoms with Gasteiger partial charge in [0.05, 0.1) is 10.9 Å². The molecule has 5 N–H and O–H groups in total. The molecule has 3 aromatic carbocycles. The second-order valence-electron chi connectivity index (χ2n) is 6.69. The Hall–Kier alpha value is -4.08. The molecule has 2 amide bonds. The summed E-state index contributed by atoms with van der Waals surface area (Å²) in [6, 6.07) is 13.1. The number of urea groups is 1. The summed E-state index contributed by atoms with van der Waals surface area (Å²) in [4.78, 5) is 12.1. The summed E-state index contributed by atoms with van der Waals surface area (Å²) in [6.07, 6.45) is -4.51. The van der Waals surface area contributed by atoms with Crippen LogP contribution >= 0.6 is 0 Å². The van der Waals surface area contributed by atoms with Gasteiger partial charge in [0.2, 0.25) is 0 Å². The van der Waals surface area contributed by atoms with E-state index in [-0.39, 0.29) is 17.0 Å². The molecule has 0 saturated heterocycles. The summed E-state index contributed by atoms with van der Waals surface area (Å²) in [6.45, 7) is 0. The predicted molar refractivity (Wildman–Crippen MR) is 110 cm³/mol. The van der Waals surface area contributed by atoms with Gasteiger partial charge in [-0.1, -0.05) is 24.3 Å². The number of alkyl halides is 3. The monoisotopic (exact) mass is 429 g/mol. The highest BCUT2D eigenvalue weighted by Crippen LogP contribution is 2.33. The Balaban J connectivity index is 1.50. The van der Waals surface area contributed by atoms with E-state index in [0.29, 0.717) is 22.2 Å². The first kappa shape index (κ1) is 20.2. The number of nitrogens with one attached hydrogen (secondary N) is 3. The molecule has 1 heterocycles. The molecule has 4 aromatic rings. The van der Waals surface area contributed by atoms with Crippen LogP contribution < -0.4 is 16.4 Å². The van der Waals surface area contributed by atoms with Crippen LogP contribution in [0.25, 0.3) is 22.0 Å². The third-order valence-corrected chi connectivity index (χ3v) is 4.60. The number of anilines is 3. The molecule has 0 bridgehead atoms. The molecule has 10 heteroatoms. The lowest BCUT2D eigenvalue weighted by Gasteiger charge is -2.11. The molecule has 6 nitrogen and oxygen atoms in total. The highest BCUT2D eigenvalue weighted by atomic mass is 19.4. The number of aromatic amines is 1. The van der Waals surface area contributed by atoms with Gasteiger partial charge in [-0.25, -0.2) is 9.18 Å². The van der Waals surface area contributed by atoms with Gasteiger partial charge >= 0.3 is 12.2 Å². The predicted octanol–water partition coefficient (Wildman–Crippen LogP) is 5.61. The van der Waals surface area contributed by atoms with Crippen molar-refractivity contribution in [2.45, 2.75) is 6.18 Å². The van der Waals surface area contributed by atoms with Crippen molar-refractivity contribution in [3.63, 3.8) is 0 Å². The number of carbonyl (C=O) groups is 1. The molecule has 158 valence electrons. The van der Waals surface area contributed by atoms with Crippen LogP contribution in [0.2, 0.25) is 0 Å². The van der Waals surface area contributed by atoms with E-state index in [4.69, 9.17) is 5.73 Å². The molecule has 4 rings (SSSR count). The minimum absolute atomic E-state index is 0.00748. The Morgan fingerprint density at radius 2 is 1.68 bits per heavy atom. The smallest absolute Gasteiger partial charge is 0.382 e. The van der Waals surface area contributed by atoms with Crippen molar-refractivity contribution in [1.29, 1.82) is 0 Å². The van der Waals surface area contributed by atoms with Gasteiger partial charge in [0.15, 0.2) is 5.82 Å². The van der Waals surface area contributed by atoms with Gasteiger partial charge in [-0.2, -0.15) is 18.3 Å². The maximum absolute atomic E-state index is 13.9. The number of rotatable bonds is 3. The van der Waals surface area contributed by atoms with Gasteiger partial charge in [0.25, 0.3) is 0 Å². The van der Waals surface area contributed by atoms with Gasteiger partial charge in [-0.3, -0.25) is 5.10 Å². The van der Waals surface area contributed by atoms with Crippen molar-refractivity contribution >= 4 is 34.1 Å². The number of amides is 2. The summed E-state index contributed by atoms with van der Waals surface area (Å²) in [5.74, 6) is -0.320. The Kier molecular flexibility index (Phi) is 4.97. The first-order valence-electron chi connectivity index (χ1n) is 9.00. The number of fused-ring (bicyclic) bond motifs is 1. The van der Waals surface area contributed by atoms with E-state index in [1.165, 1.54) is 18.2 Å². The molecule has 0 aliphatic rings. The van der Waals surface area contributed by atoms with Gasteiger partial charge in [0.1, 0.15) is 11.3 Å². The maximum atomic E-state index is 13.9. The van der Waals surface area contributed by atoms with Gasteiger partial charge in [0, 0.05) is 11.4 Å². The molecule has 0 atom stereocenters. The number of carbonyl (C=O) groups excluding carboxylic acids is 1. The lowest BCUT2D eigenvalue weighted by Crippen LogP contribution is -2.19. The van der Waals surface area contributed by atoms with Crippen molar-refractivity contribution in [3.05, 3.63) is 72.0 Å². The number of H-pyrrole nitrogens is 1. The van der Waals surface area contributed by atoms with Crippen molar-refractivity contribution in [1.82, 2.24) is 10.2 Å². The van der Waals surface area contributed by atoms with Crippen LogP contribution in [-0.4, -0.2) is 16.2 Å². The van der Waals surface area contributed by atoms with E-state index in [0.717, 1.165) is 12.1 Å². The Morgan fingerprint density at radius 1 is 0.968 bits per heavy atom. The molecular weight excluding hydrogens is 414 g/mol. The van der Waals surface area contributed by atoms with Crippen molar-refractivity contribution in [2.75, 3.05) is 16.4 Å².